The zero-order chi connectivity index (χ0) is 28.0. The zero-order valence-electron chi connectivity index (χ0n) is 22.6. The molecule has 0 aliphatic carbocycles. The number of nitrogens with zero attached hydrogens (tertiary/aromatic N) is 3. The third-order valence-electron chi connectivity index (χ3n) is 6.55. The number of nitrogens with one attached hydrogen (secondary N) is 1. The van der Waals surface area contributed by atoms with E-state index in [0.29, 0.717) is 24.3 Å². The van der Waals surface area contributed by atoms with Crippen molar-refractivity contribution in [1.82, 2.24) is 14.1 Å². The first-order chi connectivity index (χ1) is 17.9. The molecule has 2 aromatic rings. The van der Waals surface area contributed by atoms with Gasteiger partial charge in [0.2, 0.25) is 5.91 Å². The lowest BCUT2D eigenvalue weighted by Gasteiger charge is -2.38. The van der Waals surface area contributed by atoms with Crippen LogP contribution in [0, 0.1) is 5.92 Å². The largest absolute Gasteiger partial charge is 0.488 e. The van der Waals surface area contributed by atoms with E-state index in [1.165, 1.54) is 11.4 Å². The maximum absolute atomic E-state index is 13.6. The van der Waals surface area contributed by atoms with Crippen LogP contribution in [0.2, 0.25) is 0 Å². The molecule has 2 heterocycles. The van der Waals surface area contributed by atoms with Gasteiger partial charge in [0.1, 0.15) is 16.1 Å². The minimum Gasteiger partial charge on any atom is -0.488 e. The minimum atomic E-state index is -3.69. The maximum Gasteiger partial charge on any atom is 0.258 e. The number of amides is 2. The molecule has 0 fully saturated rings. The lowest BCUT2D eigenvalue weighted by molar-refractivity contribution is -0.116. The fourth-order valence-electron chi connectivity index (χ4n) is 4.21. The van der Waals surface area contributed by atoms with Gasteiger partial charge in [-0.2, -0.15) is 4.31 Å². The summed E-state index contributed by atoms with van der Waals surface area (Å²) in [5.41, 5.74) is 0.715. The summed E-state index contributed by atoms with van der Waals surface area (Å²) in [7, 11) is 1.71. The van der Waals surface area contributed by atoms with E-state index in [9.17, 15) is 23.1 Å². The summed E-state index contributed by atoms with van der Waals surface area (Å²) >= 11 is 1.15. The number of ether oxygens (including phenoxy) is 1. The smallest absolute Gasteiger partial charge is 0.258 e. The molecule has 38 heavy (non-hydrogen) atoms. The molecule has 0 saturated heterocycles. The Kier molecular flexibility index (Phi) is 10.3. The second-order valence-corrected chi connectivity index (χ2v) is 13.2. The molecule has 0 spiro atoms. The zero-order valence-corrected chi connectivity index (χ0v) is 24.2. The van der Waals surface area contributed by atoms with Crippen molar-refractivity contribution in [3.05, 3.63) is 41.3 Å². The normalized spacial score (nSPS) is 19.1. The number of carbonyl (C=O) groups excluding carboxylic acids is 2. The van der Waals surface area contributed by atoms with Gasteiger partial charge >= 0.3 is 0 Å². The summed E-state index contributed by atoms with van der Waals surface area (Å²) in [5.74, 6) is -0.416. The van der Waals surface area contributed by atoms with Gasteiger partial charge in [-0.05, 0) is 63.6 Å². The van der Waals surface area contributed by atoms with Crippen LogP contribution in [0.3, 0.4) is 0 Å². The third kappa shape index (κ3) is 7.32. The highest BCUT2D eigenvalue weighted by Crippen LogP contribution is 2.31. The van der Waals surface area contributed by atoms with Gasteiger partial charge in [0.05, 0.1) is 24.8 Å². The van der Waals surface area contributed by atoms with E-state index < -0.39 is 22.2 Å². The fourth-order valence-corrected chi connectivity index (χ4v) is 6.60. The first-order valence-electron chi connectivity index (χ1n) is 12.6. The van der Waals surface area contributed by atoms with Crippen LogP contribution >= 0.6 is 11.3 Å². The molecule has 210 valence electrons. The van der Waals surface area contributed by atoms with Gasteiger partial charge in [0.15, 0.2) is 0 Å². The summed E-state index contributed by atoms with van der Waals surface area (Å²) in [5, 5.41) is 14.4. The van der Waals surface area contributed by atoms with Gasteiger partial charge in [0, 0.05) is 31.6 Å². The summed E-state index contributed by atoms with van der Waals surface area (Å²) in [6.45, 7) is 4.54. The second kappa shape index (κ2) is 13.0. The number of hydrogen-bond acceptors (Lipinski definition) is 8. The molecule has 2 amide bonds. The van der Waals surface area contributed by atoms with E-state index >= 15 is 0 Å². The van der Waals surface area contributed by atoms with Crippen LogP contribution in [0.1, 0.15) is 37.0 Å². The van der Waals surface area contributed by atoms with Crippen LogP contribution in [0.5, 0.6) is 5.75 Å². The minimum absolute atomic E-state index is 0.0702. The van der Waals surface area contributed by atoms with Crippen LogP contribution in [0.25, 0.3) is 0 Å². The topological polar surface area (TPSA) is 119 Å². The molecule has 0 bridgehead atoms. The van der Waals surface area contributed by atoms with Crippen molar-refractivity contribution in [1.29, 1.82) is 0 Å². The Morgan fingerprint density at radius 2 is 2.03 bits per heavy atom. The van der Waals surface area contributed by atoms with Crippen molar-refractivity contribution in [2.45, 2.75) is 43.0 Å². The molecule has 1 aromatic carbocycles. The number of carbonyl (C=O) groups is 2. The van der Waals surface area contributed by atoms with Crippen molar-refractivity contribution < 1.29 is 27.9 Å². The number of likely N-dealkylation sites (N-methyl/N-ethyl adjacent to an activating group) is 1. The predicted octanol–water partition coefficient (Wildman–Crippen LogP) is 2.57. The van der Waals surface area contributed by atoms with Crippen LogP contribution in [0.4, 0.5) is 5.69 Å². The number of aliphatic hydroxyl groups excluding tert-OH is 1. The van der Waals surface area contributed by atoms with Gasteiger partial charge in [-0.3, -0.25) is 9.59 Å². The van der Waals surface area contributed by atoms with Crippen LogP contribution in [-0.2, 0) is 14.8 Å². The number of fused-ring (bicyclic) bond motifs is 1. The number of anilines is 1. The average Bonchev–Trinajstić information content (AvgIpc) is 3.42. The quantitative estimate of drug-likeness (QED) is 0.429. The molecule has 2 N–H and O–H groups in total. The molecule has 1 aliphatic rings. The summed E-state index contributed by atoms with van der Waals surface area (Å²) in [4.78, 5) is 29.6. The molecule has 10 nitrogen and oxygen atoms in total. The van der Waals surface area contributed by atoms with Gasteiger partial charge in [-0.1, -0.05) is 13.0 Å². The Morgan fingerprint density at radius 1 is 1.29 bits per heavy atom. The van der Waals surface area contributed by atoms with Crippen LogP contribution in [-0.4, -0.2) is 99.0 Å². The van der Waals surface area contributed by atoms with E-state index in [1.54, 1.807) is 47.5 Å². The summed E-state index contributed by atoms with van der Waals surface area (Å²) < 4.78 is 33.9. The number of benzene rings is 1. The van der Waals surface area contributed by atoms with Crippen molar-refractivity contribution in [3.8, 4) is 5.75 Å². The molecule has 3 rings (SSSR count). The van der Waals surface area contributed by atoms with Crippen LogP contribution < -0.4 is 10.1 Å². The molecule has 0 saturated carbocycles. The number of hydrogen-bond donors (Lipinski definition) is 2. The van der Waals surface area contributed by atoms with Gasteiger partial charge in [-0.25, -0.2) is 8.42 Å². The molecule has 1 aliphatic heterocycles. The van der Waals surface area contributed by atoms with Gasteiger partial charge < -0.3 is 25.0 Å². The number of thiophene rings is 1. The highest BCUT2D eigenvalue weighted by Gasteiger charge is 2.35. The van der Waals surface area contributed by atoms with Crippen LogP contribution in [0.15, 0.2) is 39.9 Å². The number of sulfonamides is 1. The number of aliphatic hydroxyl groups is 1. The fraction of sp³-hybridized carbons (Fsp3) is 0.538. The highest BCUT2D eigenvalue weighted by molar-refractivity contribution is 7.91. The van der Waals surface area contributed by atoms with Crippen molar-refractivity contribution in [2.75, 3.05) is 52.7 Å². The SMILES string of the molecule is C[C@H](CO)N1C[C@H](C)[C@H](CN(C)S(=O)(=O)c2cccs2)Oc2ccc(NC(=O)CCCN(C)C)cc2C1=O. The van der Waals surface area contributed by atoms with E-state index in [0.717, 1.165) is 17.9 Å². The molecule has 12 heteroatoms. The lowest BCUT2D eigenvalue weighted by Crippen LogP contribution is -2.50. The van der Waals surface area contributed by atoms with Crippen molar-refractivity contribution in [3.63, 3.8) is 0 Å². The van der Waals surface area contributed by atoms with E-state index in [4.69, 9.17) is 4.74 Å². The Bertz CT molecular complexity index is 1200. The first kappa shape index (κ1) is 30.0. The average molecular weight is 567 g/mol. The van der Waals surface area contributed by atoms with E-state index in [1.807, 2.05) is 25.9 Å². The molecule has 3 atom stereocenters. The van der Waals surface area contributed by atoms with Gasteiger partial charge in [0.25, 0.3) is 15.9 Å². The Morgan fingerprint density at radius 3 is 2.66 bits per heavy atom. The summed E-state index contributed by atoms with van der Waals surface area (Å²) in [6, 6.07) is 7.67. The van der Waals surface area contributed by atoms with Crippen molar-refractivity contribution >= 4 is 38.9 Å². The molecular formula is C26H38N4O6S2. The monoisotopic (exact) mass is 566 g/mol. The highest BCUT2D eigenvalue weighted by atomic mass is 32.2. The second-order valence-electron chi connectivity index (χ2n) is 10.0. The van der Waals surface area contributed by atoms with Crippen molar-refractivity contribution in [2.24, 2.45) is 5.92 Å². The third-order valence-corrected chi connectivity index (χ3v) is 9.75. The van der Waals surface area contributed by atoms with E-state index in [-0.39, 0.29) is 47.2 Å². The molecule has 0 unspecified atom stereocenters. The molecular weight excluding hydrogens is 528 g/mol. The molecule has 0 radical (unpaired) electrons. The Balaban J connectivity index is 1.88. The maximum atomic E-state index is 13.6. The Labute approximate surface area is 229 Å². The number of rotatable bonds is 11. The standard InChI is InChI=1S/C26H38N4O6S2/c1-18-15-30(19(2)17-31)26(33)21-14-20(27-24(32)8-6-12-28(3)4)10-11-22(21)36-23(18)16-29(5)38(34,35)25-9-7-13-37-25/h7,9-11,13-14,18-19,23,31H,6,8,12,15-17H2,1-5H3,(H,27,32)/t18-,19+,23-/m0/s1. The Hall–Kier alpha value is -2.51. The predicted molar refractivity (Wildman–Crippen MR) is 148 cm³/mol. The molecule has 1 aromatic heterocycles. The first-order valence-corrected chi connectivity index (χ1v) is 14.9. The van der Waals surface area contributed by atoms with E-state index in [2.05, 4.69) is 5.32 Å². The summed E-state index contributed by atoms with van der Waals surface area (Å²) in [6.07, 6.45) is 0.481. The lowest BCUT2D eigenvalue weighted by atomic mass is 9.99. The van der Waals surface area contributed by atoms with Gasteiger partial charge in [-0.15, -0.1) is 11.3 Å².